The van der Waals surface area contributed by atoms with E-state index in [9.17, 15) is 0 Å². The van der Waals surface area contributed by atoms with Crippen LogP contribution in [0.5, 0.6) is 0 Å². The van der Waals surface area contributed by atoms with E-state index in [0.717, 1.165) is 18.5 Å². The first-order chi connectivity index (χ1) is 12.5. The molecule has 0 spiro atoms. The van der Waals surface area contributed by atoms with Gasteiger partial charge in [-0.15, -0.1) is 0 Å². The molecule has 26 heavy (non-hydrogen) atoms. The van der Waals surface area contributed by atoms with Crippen LogP contribution in [0.15, 0.2) is 53.1 Å². The highest BCUT2D eigenvalue weighted by molar-refractivity contribution is 5.54. The first-order valence-corrected chi connectivity index (χ1v) is 8.92. The molecule has 2 aromatic carbocycles. The fraction of sp³-hybridized carbons (Fsp3) is 0.333. The second kappa shape index (κ2) is 8.15. The summed E-state index contributed by atoms with van der Waals surface area (Å²) in [6, 6.07) is 16.9. The van der Waals surface area contributed by atoms with Crippen LogP contribution in [-0.2, 0) is 19.5 Å². The number of aryl methyl sites for hydroxylation is 1. The second-order valence-corrected chi connectivity index (χ2v) is 6.80. The molecule has 0 amide bonds. The van der Waals surface area contributed by atoms with Gasteiger partial charge in [-0.05, 0) is 36.7 Å². The van der Waals surface area contributed by atoms with E-state index in [0.29, 0.717) is 18.3 Å². The molecule has 3 rings (SSSR count). The summed E-state index contributed by atoms with van der Waals surface area (Å²) in [7, 11) is 6.15. The summed E-state index contributed by atoms with van der Waals surface area (Å²) in [5.41, 5.74) is 4.75. The van der Waals surface area contributed by atoms with Gasteiger partial charge < -0.3 is 9.42 Å². The third-order valence-corrected chi connectivity index (χ3v) is 4.40. The average molecular weight is 350 g/mol. The van der Waals surface area contributed by atoms with Gasteiger partial charge >= 0.3 is 0 Å². The van der Waals surface area contributed by atoms with Crippen LogP contribution in [0.25, 0.3) is 11.4 Å². The third kappa shape index (κ3) is 4.49. The highest BCUT2D eigenvalue weighted by Crippen LogP contribution is 2.18. The Morgan fingerprint density at radius 3 is 2.12 bits per heavy atom. The summed E-state index contributed by atoms with van der Waals surface area (Å²) in [6.07, 6.45) is 1.03. The van der Waals surface area contributed by atoms with Crippen LogP contribution in [-0.4, -0.2) is 36.2 Å². The predicted molar refractivity (Wildman–Crippen MR) is 105 cm³/mol. The predicted octanol–water partition coefficient (Wildman–Crippen LogP) is 4.00. The Labute approximate surface area is 155 Å². The van der Waals surface area contributed by atoms with E-state index >= 15 is 0 Å². The minimum absolute atomic E-state index is 0.621. The van der Waals surface area contributed by atoms with Crippen molar-refractivity contribution in [1.82, 2.24) is 15.0 Å². The van der Waals surface area contributed by atoms with Crippen molar-refractivity contribution in [2.45, 2.75) is 26.4 Å². The van der Waals surface area contributed by atoms with Gasteiger partial charge in [-0.25, -0.2) is 0 Å². The largest absolute Gasteiger partial charge is 0.378 e. The maximum absolute atomic E-state index is 5.43. The minimum Gasteiger partial charge on any atom is -0.378 e. The summed E-state index contributed by atoms with van der Waals surface area (Å²) < 4.78 is 5.43. The van der Waals surface area contributed by atoms with Gasteiger partial charge in [0.05, 0.1) is 6.54 Å². The number of anilines is 1. The molecule has 3 aromatic rings. The quantitative estimate of drug-likeness (QED) is 0.644. The van der Waals surface area contributed by atoms with Gasteiger partial charge in [-0.2, -0.15) is 4.98 Å². The Morgan fingerprint density at radius 2 is 1.50 bits per heavy atom. The number of rotatable bonds is 7. The number of hydrogen-bond acceptors (Lipinski definition) is 5. The molecular formula is C21H26N4O. The zero-order chi connectivity index (χ0) is 18.5. The lowest BCUT2D eigenvalue weighted by molar-refractivity contribution is 0.261. The van der Waals surface area contributed by atoms with Crippen LogP contribution in [0.4, 0.5) is 5.69 Å². The monoisotopic (exact) mass is 350 g/mol. The van der Waals surface area contributed by atoms with E-state index < -0.39 is 0 Å². The van der Waals surface area contributed by atoms with Crippen molar-refractivity contribution in [2.75, 3.05) is 26.0 Å². The molecule has 5 heteroatoms. The molecule has 136 valence electrons. The first kappa shape index (κ1) is 18.1. The Morgan fingerprint density at radius 1 is 0.846 bits per heavy atom. The van der Waals surface area contributed by atoms with Gasteiger partial charge in [-0.3, -0.25) is 4.90 Å². The highest BCUT2D eigenvalue weighted by Gasteiger charge is 2.11. The van der Waals surface area contributed by atoms with Crippen molar-refractivity contribution in [2.24, 2.45) is 0 Å². The third-order valence-electron chi connectivity index (χ3n) is 4.40. The average Bonchev–Trinajstić information content (AvgIpc) is 3.10. The van der Waals surface area contributed by atoms with Crippen molar-refractivity contribution < 1.29 is 4.52 Å². The molecule has 0 saturated carbocycles. The molecule has 0 N–H and O–H groups in total. The highest BCUT2D eigenvalue weighted by atomic mass is 16.5. The molecule has 0 atom stereocenters. The minimum atomic E-state index is 0.621. The van der Waals surface area contributed by atoms with Crippen LogP contribution in [0.2, 0.25) is 0 Å². The van der Waals surface area contributed by atoms with E-state index in [1.165, 1.54) is 16.8 Å². The second-order valence-electron chi connectivity index (χ2n) is 6.80. The molecule has 0 aliphatic rings. The summed E-state index contributed by atoms with van der Waals surface area (Å²) in [4.78, 5) is 8.80. The fourth-order valence-electron chi connectivity index (χ4n) is 2.82. The van der Waals surface area contributed by atoms with Crippen molar-refractivity contribution >= 4 is 5.69 Å². The molecule has 1 heterocycles. The van der Waals surface area contributed by atoms with Gasteiger partial charge in [-0.1, -0.05) is 48.5 Å². The summed E-state index contributed by atoms with van der Waals surface area (Å²) >= 11 is 0. The molecule has 0 bridgehead atoms. The molecule has 0 radical (unpaired) electrons. The number of aromatic nitrogens is 2. The molecule has 5 nitrogen and oxygen atoms in total. The van der Waals surface area contributed by atoms with Crippen LogP contribution in [0, 0.1) is 0 Å². The van der Waals surface area contributed by atoms with Crippen LogP contribution < -0.4 is 4.90 Å². The van der Waals surface area contributed by atoms with Gasteiger partial charge in [0.1, 0.15) is 0 Å². The molecule has 1 aromatic heterocycles. The van der Waals surface area contributed by atoms with Crippen molar-refractivity contribution in [3.05, 3.63) is 65.5 Å². The van der Waals surface area contributed by atoms with Crippen molar-refractivity contribution in [3.8, 4) is 11.4 Å². The number of hydrogen-bond donors (Lipinski definition) is 0. The zero-order valence-electron chi connectivity index (χ0n) is 15.9. The summed E-state index contributed by atoms with van der Waals surface area (Å²) in [5, 5.41) is 4.11. The number of nitrogens with zero attached hydrogens (tertiary/aromatic N) is 4. The zero-order valence-corrected chi connectivity index (χ0v) is 15.9. The lowest BCUT2D eigenvalue weighted by atomic mass is 10.1. The smallest absolute Gasteiger partial charge is 0.241 e. The van der Waals surface area contributed by atoms with Gasteiger partial charge in [0, 0.05) is 31.9 Å². The van der Waals surface area contributed by atoms with E-state index in [1.807, 2.05) is 26.2 Å². The van der Waals surface area contributed by atoms with Gasteiger partial charge in [0.15, 0.2) is 0 Å². The first-order valence-electron chi connectivity index (χ1n) is 8.92. The maximum Gasteiger partial charge on any atom is 0.241 e. The van der Waals surface area contributed by atoms with Gasteiger partial charge in [0.25, 0.3) is 0 Å². The Hall–Kier alpha value is -2.66. The van der Waals surface area contributed by atoms with Gasteiger partial charge in [0.2, 0.25) is 11.7 Å². The molecule has 0 aliphatic heterocycles. The molecule has 0 saturated heterocycles. The molecule has 0 fully saturated rings. The van der Waals surface area contributed by atoms with E-state index in [4.69, 9.17) is 4.52 Å². The van der Waals surface area contributed by atoms with Crippen molar-refractivity contribution in [1.29, 1.82) is 0 Å². The normalized spacial score (nSPS) is 11.1. The van der Waals surface area contributed by atoms with E-state index in [2.05, 4.69) is 70.3 Å². The molecule has 0 unspecified atom stereocenters. The lowest BCUT2D eigenvalue weighted by Gasteiger charge is -2.16. The standard InChI is InChI=1S/C21H26N4O/c1-5-16-6-10-18(11-7-16)21-22-20(26-23-21)15-25(4)14-17-8-12-19(13-9-17)24(2)3/h6-13H,5,14-15H2,1-4H3. The topological polar surface area (TPSA) is 45.4 Å². The van der Waals surface area contributed by atoms with E-state index in [1.54, 1.807) is 0 Å². The summed E-state index contributed by atoms with van der Waals surface area (Å²) in [6.45, 7) is 3.59. The van der Waals surface area contributed by atoms with Crippen LogP contribution >= 0.6 is 0 Å². The summed E-state index contributed by atoms with van der Waals surface area (Å²) in [5.74, 6) is 1.28. The maximum atomic E-state index is 5.43. The van der Waals surface area contributed by atoms with Crippen LogP contribution in [0.3, 0.4) is 0 Å². The Kier molecular flexibility index (Phi) is 5.68. The number of benzene rings is 2. The molecule has 0 aliphatic carbocycles. The van der Waals surface area contributed by atoms with E-state index in [-0.39, 0.29) is 0 Å². The van der Waals surface area contributed by atoms with Crippen LogP contribution in [0.1, 0.15) is 23.9 Å². The Balaban J connectivity index is 1.60. The van der Waals surface area contributed by atoms with Crippen molar-refractivity contribution in [3.63, 3.8) is 0 Å². The SMILES string of the molecule is CCc1ccc(-c2noc(CN(C)Cc3ccc(N(C)C)cc3)n2)cc1. The Bertz CT molecular complexity index is 822. The lowest BCUT2D eigenvalue weighted by Crippen LogP contribution is -2.17. The fourth-order valence-corrected chi connectivity index (χ4v) is 2.82. The molecular weight excluding hydrogens is 324 g/mol.